The monoisotopic (exact) mass is 505 g/mol. The number of fused-ring (bicyclic) bond motifs is 2. The van der Waals surface area contributed by atoms with E-state index in [-0.39, 0.29) is 11.4 Å². The molecule has 10 heteroatoms. The molecule has 8 nitrogen and oxygen atoms in total. The maximum absolute atomic E-state index is 12.6. The van der Waals surface area contributed by atoms with Crippen LogP contribution in [0.3, 0.4) is 0 Å². The molecule has 2 aromatic heterocycles. The molecule has 0 atom stereocenters. The maximum atomic E-state index is 12.6. The fraction of sp³-hybridized carbons (Fsp3) is 0.160. The molecule has 0 aliphatic rings. The molecule has 0 radical (unpaired) electrons. The van der Waals surface area contributed by atoms with Gasteiger partial charge in [-0.05, 0) is 52.7 Å². The second kappa shape index (κ2) is 10.0. The molecule has 0 unspecified atom stereocenters. The summed E-state index contributed by atoms with van der Waals surface area (Å²) in [6.07, 6.45) is 0.348. The summed E-state index contributed by atoms with van der Waals surface area (Å²) in [6.45, 7) is 0.171. The van der Waals surface area contributed by atoms with E-state index >= 15 is 0 Å². The van der Waals surface area contributed by atoms with Gasteiger partial charge in [0.05, 0.1) is 12.0 Å². The number of nitrogens with one attached hydrogen (secondary N) is 1. The number of thioether (sulfide) groups is 1. The van der Waals surface area contributed by atoms with Crippen molar-refractivity contribution in [2.24, 2.45) is 0 Å². The van der Waals surface area contributed by atoms with Gasteiger partial charge in [-0.15, -0.1) is 10.2 Å². The number of ether oxygens (including phenoxy) is 1. The van der Waals surface area contributed by atoms with Gasteiger partial charge in [-0.1, -0.05) is 54.2 Å². The molecule has 0 aliphatic heterocycles. The first kappa shape index (κ1) is 23.3. The Morgan fingerprint density at radius 1 is 0.943 bits per heavy atom. The molecule has 0 bridgehead atoms. The first-order chi connectivity index (χ1) is 17.0. The van der Waals surface area contributed by atoms with Gasteiger partial charge < -0.3 is 4.74 Å². The van der Waals surface area contributed by atoms with Gasteiger partial charge in [0.15, 0.2) is 11.5 Å². The Bertz CT molecular complexity index is 1580. The van der Waals surface area contributed by atoms with Crippen LogP contribution in [0.25, 0.3) is 16.4 Å². The van der Waals surface area contributed by atoms with Crippen LogP contribution < -0.4 is 9.46 Å². The lowest BCUT2D eigenvalue weighted by molar-refractivity contribution is 0.414. The highest BCUT2D eigenvalue weighted by Crippen LogP contribution is 2.26. The molecule has 35 heavy (non-hydrogen) atoms. The Balaban J connectivity index is 1.26. The molecule has 5 rings (SSSR count). The van der Waals surface area contributed by atoms with Gasteiger partial charge in [-0.25, -0.2) is 13.1 Å². The van der Waals surface area contributed by atoms with E-state index in [4.69, 9.17) is 4.74 Å². The zero-order valence-corrected chi connectivity index (χ0v) is 20.6. The van der Waals surface area contributed by atoms with Crippen LogP contribution in [0, 0.1) is 0 Å². The van der Waals surface area contributed by atoms with Gasteiger partial charge in [0, 0.05) is 18.7 Å². The highest BCUT2D eigenvalue weighted by molar-refractivity contribution is 7.98. The molecule has 2 heterocycles. The van der Waals surface area contributed by atoms with Crippen LogP contribution in [0.5, 0.6) is 5.75 Å². The minimum atomic E-state index is -3.64. The van der Waals surface area contributed by atoms with Crippen LogP contribution in [0.1, 0.15) is 11.4 Å². The molecule has 3 aromatic carbocycles. The van der Waals surface area contributed by atoms with Gasteiger partial charge in [-0.3, -0.25) is 0 Å². The molecule has 0 aliphatic carbocycles. The Hall–Kier alpha value is -3.47. The molecule has 5 aromatic rings. The van der Waals surface area contributed by atoms with Crippen molar-refractivity contribution in [2.75, 3.05) is 13.7 Å². The summed E-state index contributed by atoms with van der Waals surface area (Å²) in [5, 5.41) is 16.3. The highest BCUT2D eigenvalue weighted by atomic mass is 32.2. The van der Waals surface area contributed by atoms with Crippen LogP contribution in [-0.2, 0) is 22.2 Å². The van der Waals surface area contributed by atoms with Crippen molar-refractivity contribution in [3.05, 3.63) is 90.3 Å². The average Bonchev–Trinajstić information content (AvgIpc) is 3.29. The first-order valence-electron chi connectivity index (χ1n) is 11.0. The largest absolute Gasteiger partial charge is 0.497 e. The third kappa shape index (κ3) is 5.14. The van der Waals surface area contributed by atoms with Gasteiger partial charge in [-0.2, -0.15) is 9.61 Å². The summed E-state index contributed by atoms with van der Waals surface area (Å²) in [5.41, 5.74) is 1.86. The second-order valence-corrected chi connectivity index (χ2v) is 10.6. The predicted molar refractivity (Wildman–Crippen MR) is 136 cm³/mol. The first-order valence-corrected chi connectivity index (χ1v) is 13.4. The molecule has 178 valence electrons. The number of sulfonamides is 1. The summed E-state index contributed by atoms with van der Waals surface area (Å²) in [5.74, 6) is 1.96. The zero-order chi connectivity index (χ0) is 24.3. The van der Waals surface area contributed by atoms with E-state index in [0.717, 1.165) is 10.8 Å². The fourth-order valence-corrected chi connectivity index (χ4v) is 5.65. The molecule has 0 amide bonds. The topological polar surface area (TPSA) is 98.5 Å². The van der Waals surface area contributed by atoms with Crippen LogP contribution in [0.4, 0.5) is 0 Å². The summed E-state index contributed by atoms with van der Waals surface area (Å²) >= 11 is 1.63. The number of hydrogen-bond donors (Lipinski definition) is 1. The lowest BCUT2D eigenvalue weighted by atomic mass is 10.1. The quantitative estimate of drug-likeness (QED) is 0.301. The molecule has 1 N–H and O–H groups in total. The third-order valence-corrected chi connectivity index (χ3v) is 8.01. The van der Waals surface area contributed by atoms with Crippen molar-refractivity contribution in [3.8, 4) is 5.75 Å². The van der Waals surface area contributed by atoms with Crippen LogP contribution in [0.15, 0.2) is 88.8 Å². The highest BCUT2D eigenvalue weighted by Gasteiger charge is 2.15. The van der Waals surface area contributed by atoms with E-state index in [0.29, 0.717) is 23.6 Å². The van der Waals surface area contributed by atoms with E-state index in [9.17, 15) is 8.42 Å². The van der Waals surface area contributed by atoms with Gasteiger partial charge in [0.2, 0.25) is 10.0 Å². The second-order valence-electron chi connectivity index (χ2n) is 7.81. The van der Waals surface area contributed by atoms with Crippen LogP contribution in [-0.4, -0.2) is 41.9 Å². The van der Waals surface area contributed by atoms with E-state index in [2.05, 4.69) is 50.3 Å². The van der Waals surface area contributed by atoms with Crippen molar-refractivity contribution >= 4 is 38.2 Å². The van der Waals surface area contributed by atoms with Crippen LogP contribution in [0.2, 0.25) is 0 Å². The van der Waals surface area contributed by atoms with Crippen molar-refractivity contribution in [1.82, 2.24) is 24.5 Å². The van der Waals surface area contributed by atoms with Crippen LogP contribution >= 0.6 is 11.8 Å². The number of aromatic nitrogens is 4. The molecule has 0 saturated heterocycles. The number of methoxy groups -OCH3 is 1. The summed E-state index contributed by atoms with van der Waals surface area (Å²) in [6, 6.07) is 24.7. The minimum Gasteiger partial charge on any atom is -0.497 e. The summed E-state index contributed by atoms with van der Waals surface area (Å²) in [7, 11) is -2.11. The number of benzene rings is 3. The number of nitrogens with zero attached hydrogens (tertiary/aromatic N) is 4. The summed E-state index contributed by atoms with van der Waals surface area (Å²) in [4.78, 5) is 0.176. The fourth-order valence-electron chi connectivity index (χ4n) is 3.75. The third-order valence-electron chi connectivity index (χ3n) is 5.57. The van der Waals surface area contributed by atoms with Gasteiger partial charge >= 0.3 is 0 Å². The van der Waals surface area contributed by atoms with Crippen molar-refractivity contribution in [1.29, 1.82) is 0 Å². The Labute approximate surface area is 207 Å². The lowest BCUT2D eigenvalue weighted by Crippen LogP contribution is -2.26. The predicted octanol–water partition coefficient (Wildman–Crippen LogP) is 4.10. The molecule has 0 fully saturated rings. The Kier molecular flexibility index (Phi) is 6.67. The zero-order valence-electron chi connectivity index (χ0n) is 19.0. The molecular weight excluding hydrogens is 482 g/mol. The average molecular weight is 506 g/mol. The number of rotatable bonds is 9. The smallest absolute Gasteiger partial charge is 0.240 e. The van der Waals surface area contributed by atoms with Crippen molar-refractivity contribution < 1.29 is 13.2 Å². The Morgan fingerprint density at radius 3 is 2.57 bits per heavy atom. The van der Waals surface area contributed by atoms with E-state index < -0.39 is 10.0 Å². The number of hydrogen-bond acceptors (Lipinski definition) is 7. The standard InChI is InChI=1S/C25H23N5O3S2/c1-33-20-9-11-21(12-10-20)35(31,32)26-16-15-24-28-27-23-13-14-25(29-30(23)24)34-17-19-7-4-6-18-5-2-3-8-22(18)19/h2-14,26H,15-17H2,1H3. The van der Waals surface area contributed by atoms with Gasteiger partial charge in [0.1, 0.15) is 10.8 Å². The van der Waals surface area contributed by atoms with Crippen molar-refractivity contribution in [2.45, 2.75) is 22.1 Å². The van der Waals surface area contributed by atoms with E-state index in [1.807, 2.05) is 24.3 Å². The lowest BCUT2D eigenvalue weighted by Gasteiger charge is -2.08. The van der Waals surface area contributed by atoms with Crippen molar-refractivity contribution in [3.63, 3.8) is 0 Å². The van der Waals surface area contributed by atoms with E-state index in [1.54, 1.807) is 28.4 Å². The minimum absolute atomic E-state index is 0.171. The maximum Gasteiger partial charge on any atom is 0.240 e. The summed E-state index contributed by atoms with van der Waals surface area (Å²) < 4.78 is 34.5. The normalized spacial score (nSPS) is 11.8. The van der Waals surface area contributed by atoms with Gasteiger partial charge in [0.25, 0.3) is 0 Å². The molecule has 0 spiro atoms. The molecule has 0 saturated carbocycles. The Morgan fingerprint density at radius 2 is 1.74 bits per heavy atom. The molecular formula is C25H23N5O3S2. The SMILES string of the molecule is COc1ccc(S(=O)(=O)NCCc2nnc3ccc(SCc4cccc5ccccc45)nn23)cc1. The van der Waals surface area contributed by atoms with E-state index in [1.165, 1.54) is 35.6 Å².